The quantitative estimate of drug-likeness (QED) is 0.444. The highest BCUT2D eigenvalue weighted by Crippen LogP contribution is 2.38. The third-order valence-corrected chi connectivity index (χ3v) is 7.44. The van der Waals surface area contributed by atoms with E-state index in [-0.39, 0.29) is 0 Å². The van der Waals surface area contributed by atoms with Gasteiger partial charge in [0.1, 0.15) is 0 Å². The molecule has 0 bridgehead atoms. The minimum absolute atomic E-state index is 1.02. The Kier molecular flexibility index (Phi) is 4.97. The Morgan fingerprint density at radius 2 is 0.926 bits per heavy atom. The van der Waals surface area contributed by atoms with Crippen molar-refractivity contribution in [1.29, 1.82) is 0 Å². The summed E-state index contributed by atoms with van der Waals surface area (Å²) in [6.07, 6.45) is 1.02. The van der Waals surface area contributed by atoms with E-state index in [1.54, 1.807) is 0 Å². The van der Waals surface area contributed by atoms with E-state index in [2.05, 4.69) is 81.4 Å². The number of benzene rings is 3. The monoisotopic (exact) mass is 358 g/mol. The fourth-order valence-electron chi connectivity index (χ4n) is 4.76. The van der Waals surface area contributed by atoms with Crippen LogP contribution in [-0.2, 0) is 6.42 Å². The van der Waals surface area contributed by atoms with Crippen molar-refractivity contribution in [1.82, 2.24) is 0 Å². The smallest absolute Gasteiger partial charge is 0.00175 e. The fraction of sp³-hybridized carbons (Fsp3) is 0.407. The zero-order chi connectivity index (χ0) is 20.2. The molecule has 0 fully saturated rings. The molecule has 3 rings (SSSR count). The minimum Gasteiger partial charge on any atom is -0.0588 e. The summed E-state index contributed by atoms with van der Waals surface area (Å²) in [7, 11) is 0. The maximum Gasteiger partial charge on any atom is -0.00175 e. The van der Waals surface area contributed by atoms with E-state index in [0.717, 1.165) is 6.42 Å². The average molecular weight is 359 g/mol. The normalized spacial score (nSPS) is 11.5. The maximum atomic E-state index is 2.34. The number of hydrogen-bond donors (Lipinski definition) is 0. The van der Waals surface area contributed by atoms with Crippen LogP contribution in [0.25, 0.3) is 10.8 Å². The van der Waals surface area contributed by atoms with Gasteiger partial charge in [0.15, 0.2) is 0 Å². The second-order valence-electron chi connectivity index (χ2n) is 8.57. The van der Waals surface area contributed by atoms with Crippen LogP contribution in [-0.4, -0.2) is 0 Å². The summed E-state index contributed by atoms with van der Waals surface area (Å²) in [5, 5.41) is 2.96. The van der Waals surface area contributed by atoms with Crippen LogP contribution >= 0.6 is 0 Å². The molecule has 0 aliphatic carbocycles. The lowest BCUT2D eigenvalue weighted by Crippen LogP contribution is -2.06. The lowest BCUT2D eigenvalue weighted by atomic mass is 9.81. The molecule has 3 aromatic carbocycles. The van der Waals surface area contributed by atoms with Gasteiger partial charge in [0, 0.05) is 0 Å². The molecule has 142 valence electrons. The predicted octanol–water partition coefficient (Wildman–Crippen LogP) is 7.51. The molecule has 0 atom stereocenters. The molecular weight excluding hydrogens is 324 g/mol. The van der Waals surface area contributed by atoms with Gasteiger partial charge >= 0.3 is 0 Å². The summed E-state index contributed by atoms with van der Waals surface area (Å²) in [5.41, 5.74) is 17.4. The second kappa shape index (κ2) is 6.82. The molecule has 27 heavy (non-hydrogen) atoms. The van der Waals surface area contributed by atoms with E-state index in [0.29, 0.717) is 0 Å². The Bertz CT molecular complexity index is 1080. The molecule has 0 heterocycles. The molecular formula is C27H34. The summed E-state index contributed by atoms with van der Waals surface area (Å²) in [4.78, 5) is 0. The third-order valence-electron chi connectivity index (χ3n) is 7.44. The molecule has 0 amide bonds. The van der Waals surface area contributed by atoms with Crippen LogP contribution in [0.1, 0.15) is 66.8 Å². The molecule has 0 nitrogen and oxygen atoms in total. The molecule has 0 heteroatoms. The lowest BCUT2D eigenvalue weighted by Gasteiger charge is -2.23. The molecule has 0 saturated carbocycles. The van der Waals surface area contributed by atoms with Gasteiger partial charge in [0.2, 0.25) is 0 Å². The van der Waals surface area contributed by atoms with Gasteiger partial charge in [0.25, 0.3) is 0 Å². The number of aryl methyl sites for hydroxylation is 5. The van der Waals surface area contributed by atoms with Crippen molar-refractivity contribution < 1.29 is 0 Å². The van der Waals surface area contributed by atoms with Gasteiger partial charge in [0.05, 0.1) is 0 Å². The Labute approximate surface area is 165 Å². The van der Waals surface area contributed by atoms with Crippen molar-refractivity contribution in [2.24, 2.45) is 0 Å². The van der Waals surface area contributed by atoms with Crippen molar-refractivity contribution in [3.63, 3.8) is 0 Å². The molecule has 3 aromatic rings. The van der Waals surface area contributed by atoms with Gasteiger partial charge < -0.3 is 0 Å². The Balaban J connectivity index is 2.35. The summed E-state index contributed by atoms with van der Waals surface area (Å²) in [5.74, 6) is 0. The van der Waals surface area contributed by atoms with Crippen molar-refractivity contribution in [2.75, 3.05) is 0 Å². The van der Waals surface area contributed by atoms with Crippen LogP contribution < -0.4 is 0 Å². The zero-order valence-corrected chi connectivity index (χ0v) is 18.9. The van der Waals surface area contributed by atoms with E-state index >= 15 is 0 Å². The summed E-state index contributed by atoms with van der Waals surface area (Å²) >= 11 is 0. The SMILES string of the molecule is Cc1ccc(Cc2c(C)c(C)c3c(C)c(C)c(C)c(C)c3c2C)c(C)c1C. The Morgan fingerprint density at radius 3 is 1.48 bits per heavy atom. The lowest BCUT2D eigenvalue weighted by molar-refractivity contribution is 1.08. The van der Waals surface area contributed by atoms with Crippen molar-refractivity contribution in [3.05, 3.63) is 78.9 Å². The van der Waals surface area contributed by atoms with Gasteiger partial charge in [-0.15, -0.1) is 0 Å². The van der Waals surface area contributed by atoms with Gasteiger partial charge in [-0.2, -0.15) is 0 Å². The van der Waals surface area contributed by atoms with Gasteiger partial charge in [-0.25, -0.2) is 0 Å². The molecule has 0 radical (unpaired) electrons. The highest BCUT2D eigenvalue weighted by molar-refractivity contribution is 5.97. The molecule has 0 N–H and O–H groups in total. The summed E-state index contributed by atoms with van der Waals surface area (Å²) in [6, 6.07) is 4.60. The van der Waals surface area contributed by atoms with Crippen LogP contribution in [0, 0.1) is 69.2 Å². The molecule has 0 spiro atoms. The molecule has 0 saturated heterocycles. The third kappa shape index (κ3) is 2.90. The van der Waals surface area contributed by atoms with E-state index in [9.17, 15) is 0 Å². The summed E-state index contributed by atoms with van der Waals surface area (Å²) < 4.78 is 0. The standard InChI is InChI=1S/C27H34/c1-14-11-12-24(18(5)15(14)2)13-25-19(6)22(9)26-20(7)16(3)17(4)21(8)27(26)23(25)10/h11-12H,13H2,1-10H3. The predicted molar refractivity (Wildman–Crippen MR) is 121 cm³/mol. The van der Waals surface area contributed by atoms with E-state index in [1.165, 1.54) is 77.5 Å². The Morgan fingerprint density at radius 1 is 0.444 bits per heavy atom. The molecule has 0 aromatic heterocycles. The van der Waals surface area contributed by atoms with E-state index in [1.807, 2.05) is 0 Å². The maximum absolute atomic E-state index is 2.34. The van der Waals surface area contributed by atoms with Gasteiger partial charge in [-0.1, -0.05) is 12.1 Å². The van der Waals surface area contributed by atoms with Gasteiger partial charge in [-0.3, -0.25) is 0 Å². The van der Waals surface area contributed by atoms with Crippen molar-refractivity contribution >= 4 is 10.8 Å². The Hall–Kier alpha value is -2.08. The summed E-state index contributed by atoms with van der Waals surface area (Å²) in [6.45, 7) is 22.8. The highest BCUT2D eigenvalue weighted by Gasteiger charge is 2.19. The number of rotatable bonds is 2. The number of fused-ring (bicyclic) bond motifs is 1. The van der Waals surface area contributed by atoms with E-state index < -0.39 is 0 Å². The molecule has 0 aliphatic heterocycles. The van der Waals surface area contributed by atoms with Gasteiger partial charge in [-0.05, 0) is 153 Å². The van der Waals surface area contributed by atoms with Crippen LogP contribution in [0.3, 0.4) is 0 Å². The number of hydrogen-bond acceptors (Lipinski definition) is 0. The van der Waals surface area contributed by atoms with E-state index in [4.69, 9.17) is 0 Å². The first-order chi connectivity index (χ1) is 12.6. The first-order valence-corrected chi connectivity index (χ1v) is 10.1. The van der Waals surface area contributed by atoms with Crippen LogP contribution in [0.2, 0.25) is 0 Å². The van der Waals surface area contributed by atoms with Crippen molar-refractivity contribution in [3.8, 4) is 0 Å². The minimum atomic E-state index is 1.02. The highest BCUT2D eigenvalue weighted by atomic mass is 14.2. The van der Waals surface area contributed by atoms with Crippen LogP contribution in [0.5, 0.6) is 0 Å². The first kappa shape index (κ1) is 19.7. The van der Waals surface area contributed by atoms with Crippen LogP contribution in [0.4, 0.5) is 0 Å². The molecule has 0 unspecified atom stereocenters. The average Bonchev–Trinajstić information content (AvgIpc) is 2.64. The van der Waals surface area contributed by atoms with Crippen molar-refractivity contribution in [2.45, 2.75) is 75.7 Å². The zero-order valence-electron chi connectivity index (χ0n) is 18.9. The first-order valence-electron chi connectivity index (χ1n) is 10.1. The topological polar surface area (TPSA) is 0 Å². The second-order valence-corrected chi connectivity index (χ2v) is 8.57. The fourth-order valence-corrected chi connectivity index (χ4v) is 4.76. The largest absolute Gasteiger partial charge is 0.0588 e. The van der Waals surface area contributed by atoms with Crippen LogP contribution in [0.15, 0.2) is 12.1 Å². The molecule has 0 aliphatic rings.